The Balaban J connectivity index is 2.43. The van der Waals surface area contributed by atoms with Crippen LogP contribution in [0.1, 0.15) is 39.5 Å². The van der Waals surface area contributed by atoms with Crippen LogP contribution < -0.4 is 5.32 Å². The van der Waals surface area contributed by atoms with Gasteiger partial charge in [-0.25, -0.2) is 0 Å². The Morgan fingerprint density at radius 1 is 1.32 bits per heavy atom. The van der Waals surface area contributed by atoms with Crippen molar-refractivity contribution in [3.63, 3.8) is 0 Å². The molecule has 0 bridgehead atoms. The van der Waals surface area contributed by atoms with E-state index in [9.17, 15) is 18.0 Å². The van der Waals surface area contributed by atoms with E-state index in [4.69, 9.17) is 0 Å². The van der Waals surface area contributed by atoms with Gasteiger partial charge in [0.25, 0.3) is 0 Å². The predicted molar refractivity (Wildman–Crippen MR) is 67.7 cm³/mol. The van der Waals surface area contributed by atoms with Crippen LogP contribution in [0.3, 0.4) is 0 Å². The Kier molecular flexibility index (Phi) is 6.10. The molecule has 0 aliphatic carbocycles. The number of hydrogen-bond donors (Lipinski definition) is 1. The third-order valence-electron chi connectivity index (χ3n) is 3.52. The number of alkyl halides is 3. The summed E-state index contributed by atoms with van der Waals surface area (Å²) in [6.45, 7) is 3.97. The molecule has 6 heteroatoms. The molecule has 0 atom stereocenters. The number of carbonyl (C=O) groups is 1. The maximum Gasteiger partial charge on any atom is 0.406 e. The topological polar surface area (TPSA) is 32.3 Å². The third-order valence-corrected chi connectivity index (χ3v) is 3.52. The van der Waals surface area contributed by atoms with Crippen molar-refractivity contribution < 1.29 is 18.0 Å². The number of nitrogens with zero attached hydrogens (tertiary/aromatic N) is 1. The molecule has 0 aromatic carbocycles. The first-order chi connectivity index (χ1) is 8.79. The van der Waals surface area contributed by atoms with Crippen LogP contribution in [0.4, 0.5) is 13.2 Å². The smallest absolute Gasteiger partial charge is 0.331 e. The van der Waals surface area contributed by atoms with E-state index in [0.717, 1.165) is 30.8 Å². The van der Waals surface area contributed by atoms with Crippen LogP contribution in [0.25, 0.3) is 0 Å². The largest absolute Gasteiger partial charge is 0.406 e. The Bertz CT molecular complexity index is 286. The third kappa shape index (κ3) is 6.27. The number of rotatable bonds is 5. The zero-order valence-electron chi connectivity index (χ0n) is 11.6. The molecule has 0 saturated carbocycles. The minimum Gasteiger partial charge on any atom is -0.331 e. The van der Waals surface area contributed by atoms with E-state index in [1.54, 1.807) is 13.8 Å². The molecular formula is C13H23F3N2O. The summed E-state index contributed by atoms with van der Waals surface area (Å²) in [5, 5.41) is 3.23. The van der Waals surface area contributed by atoms with Gasteiger partial charge < -0.3 is 10.2 Å². The number of hydrogen-bond acceptors (Lipinski definition) is 2. The fourth-order valence-corrected chi connectivity index (χ4v) is 2.39. The summed E-state index contributed by atoms with van der Waals surface area (Å²) in [7, 11) is 0. The van der Waals surface area contributed by atoms with Crippen LogP contribution in [0, 0.1) is 5.92 Å². The minimum absolute atomic E-state index is 0.221. The number of halogens is 3. The van der Waals surface area contributed by atoms with Crippen LogP contribution in [0.5, 0.6) is 0 Å². The number of piperidine rings is 1. The van der Waals surface area contributed by atoms with Crippen molar-refractivity contribution >= 4 is 5.91 Å². The first kappa shape index (κ1) is 16.3. The van der Waals surface area contributed by atoms with Gasteiger partial charge in [-0.2, -0.15) is 13.2 Å². The molecule has 1 saturated heterocycles. The second kappa shape index (κ2) is 7.12. The summed E-state index contributed by atoms with van der Waals surface area (Å²) in [4.78, 5) is 12.8. The Morgan fingerprint density at radius 3 is 2.37 bits per heavy atom. The van der Waals surface area contributed by atoms with Crippen molar-refractivity contribution in [1.29, 1.82) is 0 Å². The predicted octanol–water partition coefficient (Wildman–Crippen LogP) is 2.57. The van der Waals surface area contributed by atoms with Crippen molar-refractivity contribution in [2.75, 3.05) is 19.6 Å². The molecule has 0 spiro atoms. The molecule has 1 aliphatic rings. The van der Waals surface area contributed by atoms with Gasteiger partial charge in [0.05, 0.1) is 0 Å². The summed E-state index contributed by atoms with van der Waals surface area (Å²) in [5.41, 5.74) is 0. The fraction of sp³-hybridized carbons (Fsp3) is 0.923. The highest BCUT2D eigenvalue weighted by atomic mass is 19.4. The van der Waals surface area contributed by atoms with Gasteiger partial charge in [0, 0.05) is 12.5 Å². The highest BCUT2D eigenvalue weighted by molar-refractivity contribution is 5.76. The van der Waals surface area contributed by atoms with Crippen LogP contribution in [0.2, 0.25) is 0 Å². The molecule has 1 heterocycles. The maximum absolute atomic E-state index is 12.4. The van der Waals surface area contributed by atoms with Crippen LogP contribution in [0.15, 0.2) is 0 Å². The van der Waals surface area contributed by atoms with Gasteiger partial charge in [-0.1, -0.05) is 0 Å². The molecule has 0 radical (unpaired) electrons. The molecule has 3 nitrogen and oxygen atoms in total. The van der Waals surface area contributed by atoms with E-state index in [1.807, 2.05) is 0 Å². The molecule has 1 amide bonds. The molecule has 0 aromatic heterocycles. The Morgan fingerprint density at radius 2 is 1.89 bits per heavy atom. The number of carbonyl (C=O) groups excluding carboxylic acids is 1. The molecule has 1 aliphatic heterocycles. The van der Waals surface area contributed by atoms with Crippen molar-refractivity contribution in [3.8, 4) is 0 Å². The highest BCUT2D eigenvalue weighted by Crippen LogP contribution is 2.22. The molecule has 112 valence electrons. The molecule has 1 rings (SSSR count). The zero-order chi connectivity index (χ0) is 14.5. The van der Waals surface area contributed by atoms with E-state index < -0.39 is 18.8 Å². The second-order valence-electron chi connectivity index (χ2n) is 5.46. The van der Waals surface area contributed by atoms with Gasteiger partial charge in [-0.15, -0.1) is 0 Å². The summed E-state index contributed by atoms with van der Waals surface area (Å²) in [6, 6.07) is -0.415. The molecule has 0 aromatic rings. The Hall–Kier alpha value is -0.780. The van der Waals surface area contributed by atoms with Crippen molar-refractivity contribution in [3.05, 3.63) is 0 Å². The van der Waals surface area contributed by atoms with E-state index >= 15 is 0 Å². The van der Waals surface area contributed by atoms with Gasteiger partial charge in [-0.05, 0) is 52.1 Å². The normalized spacial score (nSPS) is 17.8. The first-order valence-electron chi connectivity index (χ1n) is 6.86. The van der Waals surface area contributed by atoms with Crippen molar-refractivity contribution in [1.82, 2.24) is 10.2 Å². The Labute approximate surface area is 112 Å². The first-order valence-corrected chi connectivity index (χ1v) is 6.86. The van der Waals surface area contributed by atoms with Gasteiger partial charge in [0.15, 0.2) is 0 Å². The lowest BCUT2D eigenvalue weighted by Crippen LogP contribution is -2.43. The van der Waals surface area contributed by atoms with Crippen molar-refractivity contribution in [2.45, 2.75) is 51.7 Å². The lowest BCUT2D eigenvalue weighted by Gasteiger charge is -2.29. The second-order valence-corrected chi connectivity index (χ2v) is 5.46. The average Bonchev–Trinajstić information content (AvgIpc) is 2.33. The SMILES string of the molecule is CC(C)N(CC(F)(F)F)C(=O)CCC1CCNCC1. The quantitative estimate of drug-likeness (QED) is 0.839. The summed E-state index contributed by atoms with van der Waals surface area (Å²) in [6.07, 6.45) is -1.39. The number of nitrogens with one attached hydrogen (secondary N) is 1. The van der Waals surface area contributed by atoms with Crippen LogP contribution >= 0.6 is 0 Å². The maximum atomic E-state index is 12.4. The molecule has 1 N–H and O–H groups in total. The van der Waals surface area contributed by atoms with Gasteiger partial charge in [0.2, 0.25) is 5.91 Å². The van der Waals surface area contributed by atoms with Gasteiger partial charge in [0.1, 0.15) is 6.54 Å². The fourth-order valence-electron chi connectivity index (χ4n) is 2.39. The number of amides is 1. The average molecular weight is 280 g/mol. The lowest BCUT2D eigenvalue weighted by atomic mass is 9.93. The minimum atomic E-state index is -4.32. The lowest BCUT2D eigenvalue weighted by molar-refractivity contribution is -0.164. The van der Waals surface area contributed by atoms with Crippen molar-refractivity contribution in [2.24, 2.45) is 5.92 Å². The highest BCUT2D eigenvalue weighted by Gasteiger charge is 2.34. The van der Waals surface area contributed by atoms with Crippen LogP contribution in [-0.4, -0.2) is 42.7 Å². The monoisotopic (exact) mass is 280 g/mol. The molecule has 0 unspecified atom stereocenters. The van der Waals surface area contributed by atoms with Gasteiger partial charge >= 0.3 is 6.18 Å². The van der Waals surface area contributed by atoms with Crippen LogP contribution in [-0.2, 0) is 4.79 Å². The summed E-state index contributed by atoms with van der Waals surface area (Å²) >= 11 is 0. The van der Waals surface area contributed by atoms with E-state index in [2.05, 4.69) is 5.32 Å². The molecule has 19 heavy (non-hydrogen) atoms. The molecular weight excluding hydrogens is 257 g/mol. The zero-order valence-corrected chi connectivity index (χ0v) is 11.6. The summed E-state index contributed by atoms with van der Waals surface area (Å²) < 4.78 is 37.3. The van der Waals surface area contributed by atoms with E-state index in [-0.39, 0.29) is 12.3 Å². The summed E-state index contributed by atoms with van der Waals surface area (Å²) in [5.74, 6) is 0.0796. The molecule has 1 fully saturated rings. The standard InChI is InChI=1S/C13H23F3N2O/c1-10(2)18(9-13(14,15)16)12(19)4-3-11-5-7-17-8-6-11/h10-11,17H,3-9H2,1-2H3. The van der Waals surface area contributed by atoms with Gasteiger partial charge in [-0.3, -0.25) is 4.79 Å². The van der Waals surface area contributed by atoms with E-state index in [0.29, 0.717) is 12.3 Å². The van der Waals surface area contributed by atoms with E-state index in [1.165, 1.54) is 0 Å².